The van der Waals surface area contributed by atoms with Crippen LogP contribution in [0.4, 0.5) is 10.6 Å². The number of carbonyl (C=O) groups excluding carboxylic acids is 1. The topological polar surface area (TPSA) is 96.7 Å². The number of aromatic nitrogens is 2. The minimum atomic E-state index is -0.659. The second kappa shape index (κ2) is 5.29. The van der Waals surface area contributed by atoms with Crippen LogP contribution in [0, 0.1) is 11.3 Å². The number of carbonyl (C=O) groups is 1. The summed E-state index contributed by atoms with van der Waals surface area (Å²) in [5.41, 5.74) is 7.05. The van der Waals surface area contributed by atoms with Gasteiger partial charge in [0.05, 0.1) is 23.0 Å². The summed E-state index contributed by atoms with van der Waals surface area (Å²) in [7, 11) is 0. The molecule has 0 spiro atoms. The Kier molecular flexibility index (Phi) is 3.68. The second-order valence-electron chi connectivity index (χ2n) is 5.73. The third-order valence-electron chi connectivity index (χ3n) is 2.95. The number of rotatable bonds is 2. The molecule has 0 saturated heterocycles. The number of hydrogen-bond donors (Lipinski definition) is 2. The Hall–Kier alpha value is -2.81. The van der Waals surface area contributed by atoms with Crippen LogP contribution in [0.2, 0.25) is 0 Å². The lowest BCUT2D eigenvalue weighted by Crippen LogP contribution is -2.21. The van der Waals surface area contributed by atoms with Gasteiger partial charge in [-0.1, -0.05) is 26.8 Å². The van der Waals surface area contributed by atoms with Gasteiger partial charge in [-0.3, -0.25) is 5.32 Å². The lowest BCUT2D eigenvalue weighted by Gasteiger charge is -2.14. The van der Waals surface area contributed by atoms with Gasteiger partial charge in [0.25, 0.3) is 0 Å². The van der Waals surface area contributed by atoms with Gasteiger partial charge in [0.1, 0.15) is 5.82 Å². The molecule has 108 valence electrons. The molecule has 0 aliphatic rings. The van der Waals surface area contributed by atoms with E-state index in [4.69, 9.17) is 11.0 Å². The smallest absolute Gasteiger partial charge is 0.317 e. The SMILES string of the molecule is CC(C)(C)c1cc(NC(N)=O)n(-c2cccc(C#N)c2)n1. The molecule has 0 radical (unpaired) electrons. The number of hydrogen-bond acceptors (Lipinski definition) is 3. The standard InChI is InChI=1S/C15H17N5O/c1-15(2,3)12-8-13(18-14(17)21)20(19-12)11-6-4-5-10(7-11)9-16/h4-8H,1-3H3,(H3,17,18,21). The average molecular weight is 283 g/mol. The monoisotopic (exact) mass is 283 g/mol. The third kappa shape index (κ3) is 3.20. The van der Waals surface area contributed by atoms with Gasteiger partial charge >= 0.3 is 6.03 Å². The molecule has 6 nitrogen and oxygen atoms in total. The summed E-state index contributed by atoms with van der Waals surface area (Å²) in [6.07, 6.45) is 0. The van der Waals surface area contributed by atoms with Gasteiger partial charge in [-0.25, -0.2) is 9.48 Å². The van der Waals surface area contributed by atoms with Crippen LogP contribution in [-0.4, -0.2) is 15.8 Å². The molecule has 2 rings (SSSR count). The predicted molar refractivity (Wildman–Crippen MR) is 80.2 cm³/mol. The molecule has 2 aromatic rings. The van der Waals surface area contributed by atoms with Crippen molar-refractivity contribution in [2.24, 2.45) is 5.73 Å². The average Bonchev–Trinajstić information content (AvgIpc) is 2.82. The highest BCUT2D eigenvalue weighted by Gasteiger charge is 2.21. The zero-order valence-electron chi connectivity index (χ0n) is 12.2. The van der Waals surface area contributed by atoms with Crippen molar-refractivity contribution in [2.45, 2.75) is 26.2 Å². The van der Waals surface area contributed by atoms with E-state index in [0.717, 1.165) is 5.69 Å². The van der Waals surface area contributed by atoms with Crippen molar-refractivity contribution >= 4 is 11.8 Å². The lowest BCUT2D eigenvalue weighted by atomic mass is 9.92. The molecule has 0 unspecified atom stereocenters. The van der Waals surface area contributed by atoms with E-state index < -0.39 is 6.03 Å². The molecule has 2 amide bonds. The Morgan fingerprint density at radius 1 is 1.38 bits per heavy atom. The maximum atomic E-state index is 11.2. The summed E-state index contributed by atoms with van der Waals surface area (Å²) in [6.45, 7) is 6.08. The zero-order valence-corrected chi connectivity index (χ0v) is 12.2. The Bertz CT molecular complexity index is 718. The number of amides is 2. The minimum absolute atomic E-state index is 0.174. The molecular weight excluding hydrogens is 266 g/mol. The van der Waals surface area contributed by atoms with Crippen LogP contribution in [0.15, 0.2) is 30.3 Å². The van der Waals surface area contributed by atoms with Gasteiger partial charge in [0, 0.05) is 11.5 Å². The molecule has 0 saturated carbocycles. The molecule has 0 fully saturated rings. The van der Waals surface area contributed by atoms with Crippen LogP contribution >= 0.6 is 0 Å². The fraction of sp³-hybridized carbons (Fsp3) is 0.267. The first-order chi connectivity index (χ1) is 9.81. The number of nitriles is 1. The summed E-state index contributed by atoms with van der Waals surface area (Å²) >= 11 is 0. The van der Waals surface area contributed by atoms with E-state index in [1.807, 2.05) is 26.8 Å². The molecule has 1 heterocycles. The van der Waals surface area contributed by atoms with E-state index in [-0.39, 0.29) is 5.41 Å². The first kappa shape index (κ1) is 14.6. The molecule has 3 N–H and O–H groups in total. The van der Waals surface area contributed by atoms with Crippen LogP contribution in [0.5, 0.6) is 0 Å². The van der Waals surface area contributed by atoms with E-state index in [2.05, 4.69) is 16.5 Å². The van der Waals surface area contributed by atoms with Gasteiger partial charge in [0.2, 0.25) is 0 Å². The van der Waals surface area contributed by atoms with Gasteiger partial charge in [-0.15, -0.1) is 0 Å². The second-order valence-corrected chi connectivity index (χ2v) is 5.73. The Balaban J connectivity index is 2.57. The zero-order chi connectivity index (χ0) is 15.6. The van der Waals surface area contributed by atoms with Gasteiger partial charge < -0.3 is 5.73 Å². The number of primary amides is 1. The number of anilines is 1. The molecule has 0 aliphatic heterocycles. The third-order valence-corrected chi connectivity index (χ3v) is 2.95. The maximum Gasteiger partial charge on any atom is 0.317 e. The van der Waals surface area contributed by atoms with Crippen LogP contribution in [0.25, 0.3) is 5.69 Å². The summed E-state index contributed by atoms with van der Waals surface area (Å²) in [6, 6.07) is 10.2. The summed E-state index contributed by atoms with van der Waals surface area (Å²) in [5.74, 6) is 0.475. The number of nitrogens with zero attached hydrogens (tertiary/aromatic N) is 3. The molecular formula is C15H17N5O. The molecule has 0 bridgehead atoms. The lowest BCUT2D eigenvalue weighted by molar-refractivity contribution is 0.259. The Morgan fingerprint density at radius 2 is 2.10 bits per heavy atom. The number of urea groups is 1. The van der Waals surface area contributed by atoms with Gasteiger partial charge in [-0.05, 0) is 18.2 Å². The van der Waals surface area contributed by atoms with Crippen LogP contribution in [0.1, 0.15) is 32.0 Å². The van der Waals surface area contributed by atoms with E-state index in [9.17, 15) is 4.79 Å². The van der Waals surface area contributed by atoms with Crippen molar-refractivity contribution in [2.75, 3.05) is 5.32 Å². The molecule has 1 aromatic carbocycles. The number of benzene rings is 1. The van der Waals surface area contributed by atoms with E-state index in [1.54, 1.807) is 28.9 Å². The van der Waals surface area contributed by atoms with Crippen molar-refractivity contribution in [3.8, 4) is 11.8 Å². The first-order valence-corrected chi connectivity index (χ1v) is 6.49. The number of nitrogens with one attached hydrogen (secondary N) is 1. The van der Waals surface area contributed by atoms with Crippen molar-refractivity contribution in [3.05, 3.63) is 41.6 Å². The summed E-state index contributed by atoms with van der Waals surface area (Å²) in [5, 5.41) is 16.1. The molecule has 6 heteroatoms. The highest BCUT2D eigenvalue weighted by atomic mass is 16.2. The highest BCUT2D eigenvalue weighted by molar-refractivity contribution is 5.87. The van der Waals surface area contributed by atoms with E-state index in [0.29, 0.717) is 17.1 Å². The fourth-order valence-corrected chi connectivity index (χ4v) is 1.87. The van der Waals surface area contributed by atoms with Crippen LogP contribution in [0.3, 0.4) is 0 Å². The van der Waals surface area contributed by atoms with E-state index >= 15 is 0 Å². The molecule has 0 aliphatic carbocycles. The summed E-state index contributed by atoms with van der Waals surface area (Å²) < 4.78 is 1.58. The van der Waals surface area contributed by atoms with Crippen LogP contribution < -0.4 is 11.1 Å². The molecule has 21 heavy (non-hydrogen) atoms. The largest absolute Gasteiger partial charge is 0.351 e. The van der Waals surface area contributed by atoms with Crippen LogP contribution in [-0.2, 0) is 5.41 Å². The van der Waals surface area contributed by atoms with Gasteiger partial charge in [0.15, 0.2) is 0 Å². The Labute approximate surface area is 123 Å². The summed E-state index contributed by atoms with van der Waals surface area (Å²) in [4.78, 5) is 11.2. The quantitative estimate of drug-likeness (QED) is 0.886. The van der Waals surface area contributed by atoms with Crippen molar-refractivity contribution in [3.63, 3.8) is 0 Å². The normalized spacial score (nSPS) is 11.0. The maximum absolute atomic E-state index is 11.2. The molecule has 1 aromatic heterocycles. The Morgan fingerprint density at radius 3 is 2.67 bits per heavy atom. The number of nitrogens with two attached hydrogens (primary N) is 1. The van der Waals surface area contributed by atoms with Gasteiger partial charge in [-0.2, -0.15) is 10.4 Å². The highest BCUT2D eigenvalue weighted by Crippen LogP contribution is 2.26. The molecule has 0 atom stereocenters. The van der Waals surface area contributed by atoms with Crippen molar-refractivity contribution < 1.29 is 4.79 Å². The predicted octanol–water partition coefficient (Wildman–Crippen LogP) is 2.53. The fourth-order valence-electron chi connectivity index (χ4n) is 1.87. The van der Waals surface area contributed by atoms with Crippen molar-refractivity contribution in [1.29, 1.82) is 5.26 Å². The van der Waals surface area contributed by atoms with Crippen molar-refractivity contribution in [1.82, 2.24) is 9.78 Å². The minimum Gasteiger partial charge on any atom is -0.351 e. The first-order valence-electron chi connectivity index (χ1n) is 6.49. The van der Waals surface area contributed by atoms with E-state index in [1.165, 1.54) is 0 Å².